The molecule has 1 nitrogen and oxygen atoms in total. The maximum Gasteiger partial charge on any atom is 0.115 e. The molecule has 2 heteroatoms. The van der Waals surface area contributed by atoms with Crippen LogP contribution in [0, 0.1) is 5.92 Å². The van der Waals surface area contributed by atoms with Crippen LogP contribution < -0.4 is 0 Å². The average Bonchev–Trinajstić information content (AvgIpc) is 2.45. The molecule has 0 saturated carbocycles. The van der Waals surface area contributed by atoms with E-state index < -0.39 is 0 Å². The fourth-order valence-corrected chi connectivity index (χ4v) is 2.54. The van der Waals surface area contributed by atoms with Crippen LogP contribution in [0.3, 0.4) is 0 Å². The topological polar surface area (TPSA) is 20.2 Å². The van der Waals surface area contributed by atoms with Crippen molar-refractivity contribution in [3.8, 4) is 5.75 Å². The maximum absolute atomic E-state index is 9.26. The van der Waals surface area contributed by atoms with Crippen LogP contribution in [0.5, 0.6) is 5.75 Å². The molecule has 0 saturated heterocycles. The quantitative estimate of drug-likeness (QED) is 0.770. The lowest BCUT2D eigenvalue weighted by Gasteiger charge is -2.11. The Morgan fingerprint density at radius 2 is 1.60 bits per heavy atom. The maximum atomic E-state index is 9.26. The van der Waals surface area contributed by atoms with Crippen molar-refractivity contribution in [2.45, 2.75) is 32.6 Å². The van der Waals surface area contributed by atoms with Crippen LogP contribution in [0.4, 0.5) is 0 Å². The molecule has 106 valence electrons. The Morgan fingerprint density at radius 3 is 2.25 bits per heavy atom. The summed E-state index contributed by atoms with van der Waals surface area (Å²) in [6.45, 7) is 2.30. The smallest absolute Gasteiger partial charge is 0.115 e. The van der Waals surface area contributed by atoms with Crippen LogP contribution in [0.2, 0.25) is 5.02 Å². The third-order valence-electron chi connectivity index (χ3n) is 3.68. The minimum absolute atomic E-state index is 0.336. The van der Waals surface area contributed by atoms with Crippen molar-refractivity contribution in [2.75, 3.05) is 0 Å². The van der Waals surface area contributed by atoms with Gasteiger partial charge in [0.05, 0.1) is 0 Å². The zero-order valence-corrected chi connectivity index (χ0v) is 12.6. The van der Waals surface area contributed by atoms with Gasteiger partial charge in [0.15, 0.2) is 0 Å². The number of benzene rings is 2. The van der Waals surface area contributed by atoms with Gasteiger partial charge < -0.3 is 5.11 Å². The van der Waals surface area contributed by atoms with E-state index in [0.29, 0.717) is 11.7 Å². The van der Waals surface area contributed by atoms with Gasteiger partial charge in [-0.3, -0.25) is 0 Å². The van der Waals surface area contributed by atoms with Gasteiger partial charge in [0.2, 0.25) is 0 Å². The molecule has 0 spiro atoms. The number of aryl methyl sites for hydroxylation is 2. The summed E-state index contributed by atoms with van der Waals surface area (Å²) in [5, 5.41) is 10.1. The second kappa shape index (κ2) is 7.35. The number of halogens is 1. The molecule has 0 radical (unpaired) electrons. The van der Waals surface area contributed by atoms with E-state index in [1.807, 2.05) is 30.3 Å². The van der Waals surface area contributed by atoms with Crippen molar-refractivity contribution in [1.82, 2.24) is 0 Å². The van der Waals surface area contributed by atoms with Gasteiger partial charge in [-0.1, -0.05) is 42.8 Å². The second-order valence-corrected chi connectivity index (χ2v) is 5.92. The third kappa shape index (κ3) is 4.90. The van der Waals surface area contributed by atoms with Gasteiger partial charge in [-0.05, 0) is 67.0 Å². The van der Waals surface area contributed by atoms with E-state index in [4.69, 9.17) is 11.6 Å². The molecular weight excluding hydrogens is 268 g/mol. The number of phenols is 1. The van der Waals surface area contributed by atoms with Gasteiger partial charge in [-0.15, -0.1) is 0 Å². The first-order valence-electron chi connectivity index (χ1n) is 7.16. The second-order valence-electron chi connectivity index (χ2n) is 5.48. The molecular formula is C18H21ClO. The summed E-state index contributed by atoms with van der Waals surface area (Å²) in [5.74, 6) is 1.02. The van der Waals surface area contributed by atoms with Crippen molar-refractivity contribution < 1.29 is 5.11 Å². The first-order valence-corrected chi connectivity index (χ1v) is 7.53. The van der Waals surface area contributed by atoms with Crippen LogP contribution in [-0.4, -0.2) is 5.11 Å². The fourth-order valence-electron chi connectivity index (χ4n) is 2.33. The number of hydrogen-bond acceptors (Lipinski definition) is 1. The van der Waals surface area contributed by atoms with E-state index in [1.54, 1.807) is 12.1 Å². The summed E-state index contributed by atoms with van der Waals surface area (Å²) in [6.07, 6.45) is 4.50. The van der Waals surface area contributed by atoms with E-state index in [1.165, 1.54) is 24.0 Å². The summed E-state index contributed by atoms with van der Waals surface area (Å²) in [7, 11) is 0. The van der Waals surface area contributed by atoms with E-state index in [-0.39, 0.29) is 0 Å². The molecule has 20 heavy (non-hydrogen) atoms. The molecule has 0 aromatic heterocycles. The summed E-state index contributed by atoms with van der Waals surface area (Å²) in [6, 6.07) is 15.6. The lowest BCUT2D eigenvalue weighted by molar-refractivity contribution is 0.474. The van der Waals surface area contributed by atoms with Gasteiger partial charge in [-0.2, -0.15) is 0 Å². The Balaban J connectivity index is 1.75. The Labute approximate surface area is 126 Å². The molecule has 2 aromatic carbocycles. The highest BCUT2D eigenvalue weighted by Crippen LogP contribution is 2.19. The summed E-state index contributed by atoms with van der Waals surface area (Å²) >= 11 is 5.99. The van der Waals surface area contributed by atoms with Crippen LogP contribution >= 0.6 is 11.6 Å². The monoisotopic (exact) mass is 288 g/mol. The van der Waals surface area contributed by atoms with Gasteiger partial charge in [0.1, 0.15) is 5.75 Å². The lowest BCUT2D eigenvalue weighted by Crippen LogP contribution is -2.00. The van der Waals surface area contributed by atoms with Crippen molar-refractivity contribution in [2.24, 2.45) is 5.92 Å². The molecule has 0 aliphatic carbocycles. The Hall–Kier alpha value is -1.47. The molecule has 1 N–H and O–H groups in total. The SMILES string of the molecule is CC(CCc1ccc(O)cc1)CCc1cccc(Cl)c1. The lowest BCUT2D eigenvalue weighted by atomic mass is 9.95. The average molecular weight is 289 g/mol. The minimum Gasteiger partial charge on any atom is -0.508 e. The molecule has 0 aliphatic heterocycles. The Bertz CT molecular complexity index is 533. The summed E-state index contributed by atoms with van der Waals surface area (Å²) in [5.41, 5.74) is 2.60. The van der Waals surface area contributed by atoms with E-state index >= 15 is 0 Å². The van der Waals surface area contributed by atoms with Crippen LogP contribution in [0.15, 0.2) is 48.5 Å². The van der Waals surface area contributed by atoms with Gasteiger partial charge in [-0.25, -0.2) is 0 Å². The number of phenolic OH excluding ortho intramolecular Hbond substituents is 1. The van der Waals surface area contributed by atoms with Crippen molar-refractivity contribution in [3.63, 3.8) is 0 Å². The van der Waals surface area contributed by atoms with Crippen LogP contribution in [-0.2, 0) is 12.8 Å². The Morgan fingerprint density at radius 1 is 0.950 bits per heavy atom. The molecule has 0 heterocycles. The van der Waals surface area contributed by atoms with Crippen LogP contribution in [0.25, 0.3) is 0 Å². The van der Waals surface area contributed by atoms with Crippen molar-refractivity contribution in [3.05, 3.63) is 64.7 Å². The number of hydrogen-bond donors (Lipinski definition) is 1. The first kappa shape index (κ1) is 14.9. The Kier molecular flexibility index (Phi) is 5.49. The summed E-state index contributed by atoms with van der Waals surface area (Å²) < 4.78 is 0. The zero-order valence-electron chi connectivity index (χ0n) is 11.8. The van der Waals surface area contributed by atoms with Crippen LogP contribution in [0.1, 0.15) is 30.9 Å². The normalized spacial score (nSPS) is 12.3. The van der Waals surface area contributed by atoms with Gasteiger partial charge in [0, 0.05) is 5.02 Å². The fraction of sp³-hybridized carbons (Fsp3) is 0.333. The predicted octanol–water partition coefficient (Wildman–Crippen LogP) is 5.25. The van der Waals surface area contributed by atoms with Crippen molar-refractivity contribution in [1.29, 1.82) is 0 Å². The van der Waals surface area contributed by atoms with E-state index in [0.717, 1.165) is 17.9 Å². The largest absolute Gasteiger partial charge is 0.508 e. The molecule has 0 amide bonds. The highest BCUT2D eigenvalue weighted by molar-refractivity contribution is 6.30. The standard InChI is InChI=1S/C18H21ClO/c1-14(5-7-15-9-11-18(20)12-10-15)6-8-16-3-2-4-17(19)13-16/h2-4,9-14,20H,5-8H2,1H3. The zero-order chi connectivity index (χ0) is 14.4. The highest BCUT2D eigenvalue weighted by Gasteiger charge is 2.04. The predicted molar refractivity (Wildman–Crippen MR) is 85.4 cm³/mol. The van der Waals surface area contributed by atoms with Gasteiger partial charge in [0.25, 0.3) is 0 Å². The third-order valence-corrected chi connectivity index (χ3v) is 3.91. The molecule has 2 aromatic rings. The molecule has 0 bridgehead atoms. The minimum atomic E-state index is 0.336. The van der Waals surface area contributed by atoms with Crippen molar-refractivity contribution >= 4 is 11.6 Å². The number of rotatable bonds is 6. The molecule has 0 aliphatic rings. The highest BCUT2D eigenvalue weighted by atomic mass is 35.5. The molecule has 1 unspecified atom stereocenters. The summed E-state index contributed by atoms with van der Waals surface area (Å²) in [4.78, 5) is 0. The molecule has 0 fully saturated rings. The first-order chi connectivity index (χ1) is 9.63. The van der Waals surface area contributed by atoms with E-state index in [9.17, 15) is 5.11 Å². The molecule has 2 rings (SSSR count). The number of aromatic hydroxyl groups is 1. The van der Waals surface area contributed by atoms with Gasteiger partial charge >= 0.3 is 0 Å². The molecule has 1 atom stereocenters. The van der Waals surface area contributed by atoms with E-state index in [2.05, 4.69) is 13.0 Å².